The highest BCUT2D eigenvalue weighted by molar-refractivity contribution is 6.00. The van der Waals surface area contributed by atoms with E-state index in [9.17, 15) is 4.79 Å². The van der Waals surface area contributed by atoms with Crippen molar-refractivity contribution in [1.29, 1.82) is 0 Å². The predicted octanol–water partition coefficient (Wildman–Crippen LogP) is 2.94. The molecule has 5 rings (SSSR count). The molecule has 0 bridgehead atoms. The van der Waals surface area contributed by atoms with Crippen molar-refractivity contribution < 1.29 is 9.53 Å². The van der Waals surface area contributed by atoms with Crippen LogP contribution in [0, 0.1) is 0 Å². The van der Waals surface area contributed by atoms with E-state index in [-0.39, 0.29) is 11.9 Å². The third-order valence-corrected chi connectivity index (χ3v) is 5.64. The summed E-state index contributed by atoms with van der Waals surface area (Å²) < 4.78 is 5.92. The minimum atomic E-state index is 0.0328. The number of ether oxygens (including phenoxy) is 1. The van der Waals surface area contributed by atoms with E-state index in [1.807, 2.05) is 12.1 Å². The van der Waals surface area contributed by atoms with Crippen molar-refractivity contribution in [2.75, 3.05) is 13.2 Å². The summed E-state index contributed by atoms with van der Waals surface area (Å²) in [5.74, 6) is 0.896. The topological polar surface area (TPSA) is 66.2 Å². The van der Waals surface area contributed by atoms with Gasteiger partial charge < -0.3 is 20.4 Å². The molecule has 138 valence electrons. The first kappa shape index (κ1) is 16.4. The largest absolute Gasteiger partial charge is 0.492 e. The van der Waals surface area contributed by atoms with Crippen molar-refractivity contribution in [3.05, 3.63) is 64.8 Å². The molecule has 1 amide bonds. The van der Waals surface area contributed by atoms with Gasteiger partial charge in [0.15, 0.2) is 0 Å². The van der Waals surface area contributed by atoms with Gasteiger partial charge in [0.05, 0.1) is 5.56 Å². The van der Waals surface area contributed by atoms with Gasteiger partial charge in [0.1, 0.15) is 12.4 Å². The van der Waals surface area contributed by atoms with E-state index in [4.69, 9.17) is 4.74 Å². The van der Waals surface area contributed by atoms with E-state index in [1.165, 1.54) is 16.5 Å². The second kappa shape index (κ2) is 6.74. The number of carbonyl (C=O) groups is 1. The van der Waals surface area contributed by atoms with Crippen LogP contribution in [0.3, 0.4) is 0 Å². The molecule has 2 aliphatic heterocycles. The van der Waals surface area contributed by atoms with E-state index in [0.717, 1.165) is 48.2 Å². The minimum absolute atomic E-state index is 0.0328. The molecule has 5 nitrogen and oxygen atoms in total. The van der Waals surface area contributed by atoms with Gasteiger partial charge in [-0.2, -0.15) is 0 Å². The van der Waals surface area contributed by atoms with Gasteiger partial charge in [0.2, 0.25) is 0 Å². The SMILES string of the molecule is O=C1NCc2ccc3c(c21)CC(NCCCc1c[nH]c2ccccc12)CO3. The Hall–Kier alpha value is -2.79. The number of para-hydroxylation sites is 1. The van der Waals surface area contributed by atoms with E-state index in [2.05, 4.69) is 46.1 Å². The number of amides is 1. The van der Waals surface area contributed by atoms with Gasteiger partial charge in [-0.25, -0.2) is 0 Å². The number of rotatable bonds is 5. The van der Waals surface area contributed by atoms with Crippen molar-refractivity contribution in [2.45, 2.75) is 31.8 Å². The summed E-state index contributed by atoms with van der Waals surface area (Å²) in [7, 11) is 0. The molecule has 1 atom stereocenters. The lowest BCUT2D eigenvalue weighted by atomic mass is 9.94. The highest BCUT2D eigenvalue weighted by Crippen LogP contribution is 2.32. The maximum absolute atomic E-state index is 12.2. The van der Waals surface area contributed by atoms with Gasteiger partial charge >= 0.3 is 0 Å². The monoisotopic (exact) mass is 361 g/mol. The van der Waals surface area contributed by atoms with Crippen LogP contribution in [-0.2, 0) is 19.4 Å². The summed E-state index contributed by atoms with van der Waals surface area (Å²) in [5, 5.41) is 7.84. The van der Waals surface area contributed by atoms with E-state index in [1.54, 1.807) is 0 Å². The number of aromatic amines is 1. The van der Waals surface area contributed by atoms with Gasteiger partial charge in [0, 0.05) is 35.2 Å². The van der Waals surface area contributed by atoms with Crippen LogP contribution in [0.5, 0.6) is 5.75 Å². The van der Waals surface area contributed by atoms with Crippen molar-refractivity contribution >= 4 is 16.8 Å². The molecule has 0 aliphatic carbocycles. The van der Waals surface area contributed by atoms with Crippen LogP contribution in [0.4, 0.5) is 0 Å². The summed E-state index contributed by atoms with van der Waals surface area (Å²) >= 11 is 0. The zero-order valence-electron chi connectivity index (χ0n) is 15.2. The number of nitrogens with one attached hydrogen (secondary N) is 3. The number of hydrogen-bond donors (Lipinski definition) is 3. The Morgan fingerprint density at radius 2 is 2.11 bits per heavy atom. The maximum atomic E-state index is 12.2. The van der Waals surface area contributed by atoms with Crippen molar-refractivity contribution in [2.24, 2.45) is 0 Å². The Kier molecular flexibility index (Phi) is 4.09. The first-order chi connectivity index (χ1) is 13.3. The number of aryl methyl sites for hydroxylation is 1. The number of fused-ring (bicyclic) bond motifs is 4. The van der Waals surface area contributed by atoms with Crippen LogP contribution in [0.1, 0.15) is 33.5 Å². The fourth-order valence-corrected chi connectivity index (χ4v) is 4.26. The fraction of sp³-hybridized carbons (Fsp3) is 0.318. The summed E-state index contributed by atoms with van der Waals surface area (Å²) in [6, 6.07) is 12.7. The first-order valence-electron chi connectivity index (χ1n) is 9.64. The molecule has 0 fully saturated rings. The lowest BCUT2D eigenvalue weighted by Gasteiger charge is -2.27. The van der Waals surface area contributed by atoms with Gasteiger partial charge in [0.25, 0.3) is 5.91 Å². The predicted molar refractivity (Wildman–Crippen MR) is 105 cm³/mol. The number of hydrogen-bond acceptors (Lipinski definition) is 3. The van der Waals surface area contributed by atoms with Crippen LogP contribution < -0.4 is 15.4 Å². The lowest BCUT2D eigenvalue weighted by Crippen LogP contribution is -2.40. The molecule has 3 aromatic rings. The number of aromatic nitrogens is 1. The first-order valence-corrected chi connectivity index (χ1v) is 9.64. The molecule has 3 heterocycles. The van der Waals surface area contributed by atoms with Gasteiger partial charge in [-0.05, 0) is 49.1 Å². The average Bonchev–Trinajstić information content (AvgIpc) is 3.29. The normalized spacial score (nSPS) is 18.1. The van der Waals surface area contributed by atoms with Crippen molar-refractivity contribution in [1.82, 2.24) is 15.6 Å². The van der Waals surface area contributed by atoms with Gasteiger partial charge in [-0.15, -0.1) is 0 Å². The molecule has 5 heteroatoms. The average molecular weight is 361 g/mol. The third-order valence-electron chi connectivity index (χ3n) is 5.64. The minimum Gasteiger partial charge on any atom is -0.492 e. The molecule has 0 spiro atoms. The number of H-pyrrole nitrogens is 1. The van der Waals surface area contributed by atoms with E-state index < -0.39 is 0 Å². The molecular weight excluding hydrogens is 338 g/mol. The van der Waals surface area contributed by atoms with Crippen LogP contribution in [0.2, 0.25) is 0 Å². The summed E-state index contributed by atoms with van der Waals surface area (Å²) in [6.45, 7) is 2.22. The van der Waals surface area contributed by atoms with Crippen molar-refractivity contribution in [3.8, 4) is 5.75 Å². The zero-order valence-corrected chi connectivity index (χ0v) is 15.2. The molecule has 27 heavy (non-hydrogen) atoms. The van der Waals surface area contributed by atoms with Crippen molar-refractivity contribution in [3.63, 3.8) is 0 Å². The summed E-state index contributed by atoms with van der Waals surface area (Å²) in [5.41, 5.74) is 5.54. The molecule has 1 aromatic heterocycles. The maximum Gasteiger partial charge on any atom is 0.252 e. The fourth-order valence-electron chi connectivity index (χ4n) is 4.26. The molecule has 3 N–H and O–H groups in total. The van der Waals surface area contributed by atoms with Gasteiger partial charge in [-0.1, -0.05) is 24.3 Å². The zero-order chi connectivity index (χ0) is 18.2. The van der Waals surface area contributed by atoms with Crippen LogP contribution in [-0.4, -0.2) is 30.1 Å². The Labute approximate surface area is 158 Å². The highest BCUT2D eigenvalue weighted by atomic mass is 16.5. The molecule has 0 saturated carbocycles. The van der Waals surface area contributed by atoms with Crippen LogP contribution in [0.15, 0.2) is 42.6 Å². The Balaban J connectivity index is 1.20. The third kappa shape index (κ3) is 2.98. The Bertz CT molecular complexity index is 1010. The molecule has 2 aromatic carbocycles. The summed E-state index contributed by atoms with van der Waals surface area (Å²) in [6.07, 6.45) is 5.07. The second-order valence-electron chi connectivity index (χ2n) is 7.39. The number of carbonyl (C=O) groups excluding carboxylic acids is 1. The number of benzene rings is 2. The lowest BCUT2D eigenvalue weighted by molar-refractivity contribution is 0.0963. The van der Waals surface area contributed by atoms with E-state index in [0.29, 0.717) is 13.2 Å². The molecule has 0 radical (unpaired) electrons. The summed E-state index contributed by atoms with van der Waals surface area (Å²) in [4.78, 5) is 15.5. The quantitative estimate of drug-likeness (QED) is 0.612. The molecule has 0 saturated heterocycles. The molecule has 2 aliphatic rings. The molecule has 1 unspecified atom stereocenters. The van der Waals surface area contributed by atoms with E-state index >= 15 is 0 Å². The van der Waals surface area contributed by atoms with Crippen LogP contribution >= 0.6 is 0 Å². The second-order valence-corrected chi connectivity index (χ2v) is 7.39. The van der Waals surface area contributed by atoms with Crippen LogP contribution in [0.25, 0.3) is 10.9 Å². The highest BCUT2D eigenvalue weighted by Gasteiger charge is 2.29. The van der Waals surface area contributed by atoms with Gasteiger partial charge in [-0.3, -0.25) is 4.79 Å². The Morgan fingerprint density at radius 1 is 1.19 bits per heavy atom. The standard InChI is InChI=1S/C22H23N3O2/c26-22-21-15(12-25-22)7-8-20-18(21)10-16(13-27-20)23-9-3-4-14-11-24-19-6-2-1-5-17(14)19/h1-2,5-8,11,16,23-24H,3-4,9-10,12-13H2,(H,25,26). The smallest absolute Gasteiger partial charge is 0.252 e. The Morgan fingerprint density at radius 3 is 3.07 bits per heavy atom. The molecular formula is C22H23N3O2.